The van der Waals surface area contributed by atoms with Crippen molar-refractivity contribution in [1.82, 2.24) is 0 Å². The number of carbonyl (C=O) groups is 1. The Labute approximate surface area is 118 Å². The van der Waals surface area contributed by atoms with Gasteiger partial charge in [-0.1, -0.05) is 13.0 Å². The number of ether oxygens (including phenoxy) is 1. The summed E-state index contributed by atoms with van der Waals surface area (Å²) in [5.41, 5.74) is -0.204. The molecule has 1 atom stereocenters. The minimum atomic E-state index is -5.94. The van der Waals surface area contributed by atoms with Crippen molar-refractivity contribution >= 4 is 11.6 Å². The Morgan fingerprint density at radius 1 is 1.29 bits per heavy atom. The first-order valence-electron chi connectivity index (χ1n) is 6.10. The molecule has 0 aliphatic heterocycles. The van der Waals surface area contributed by atoms with Crippen LogP contribution in [0.2, 0.25) is 0 Å². The van der Waals surface area contributed by atoms with Gasteiger partial charge in [0.1, 0.15) is 5.75 Å². The second-order valence-corrected chi connectivity index (χ2v) is 4.39. The van der Waals surface area contributed by atoms with Crippen LogP contribution in [0, 0.1) is 0 Å². The molecule has 0 aromatic heterocycles. The normalized spacial score (nSPS) is 13.7. The Morgan fingerprint density at radius 3 is 2.43 bits per heavy atom. The summed E-state index contributed by atoms with van der Waals surface area (Å²) in [4.78, 5) is 11.0. The maximum atomic E-state index is 12.8. The highest BCUT2D eigenvalue weighted by atomic mass is 19.4. The molecule has 1 aromatic carbocycles. The molecule has 1 unspecified atom stereocenters. The first-order chi connectivity index (χ1) is 9.57. The van der Waals surface area contributed by atoms with Crippen LogP contribution in [0.3, 0.4) is 0 Å². The van der Waals surface area contributed by atoms with Crippen LogP contribution in [0.4, 0.5) is 27.6 Å². The summed E-state index contributed by atoms with van der Waals surface area (Å²) in [5, 5.41) is 1.53. The minimum Gasteiger partial charge on any atom is -0.491 e. The molecule has 1 rings (SSSR count). The summed E-state index contributed by atoms with van der Waals surface area (Å²) in [6.07, 6.45) is -5.42. The smallest absolute Gasteiger partial charge is 0.463 e. The third-order valence-electron chi connectivity index (χ3n) is 2.65. The van der Waals surface area contributed by atoms with E-state index in [0.717, 1.165) is 0 Å². The minimum absolute atomic E-state index is 0.160. The molecule has 8 heteroatoms. The Bertz CT molecular complexity index is 502. The number of anilines is 1. The number of halogens is 5. The summed E-state index contributed by atoms with van der Waals surface area (Å²) in [6, 6.07) is 5.24. The maximum Gasteiger partial charge on any atom is 0.463 e. The Kier molecular flexibility index (Phi) is 5.14. The monoisotopic (exact) mass is 311 g/mol. The molecule has 0 radical (unpaired) electrons. The summed E-state index contributed by atoms with van der Waals surface area (Å²) in [7, 11) is 0. The second kappa shape index (κ2) is 6.28. The van der Waals surface area contributed by atoms with Crippen molar-refractivity contribution in [3.05, 3.63) is 24.3 Å². The van der Waals surface area contributed by atoms with Gasteiger partial charge in [0.15, 0.2) is 0 Å². The number of carbonyl (C=O) groups excluding carboxylic acids is 1. The van der Waals surface area contributed by atoms with Crippen molar-refractivity contribution in [3.8, 4) is 5.75 Å². The summed E-state index contributed by atoms with van der Waals surface area (Å²) >= 11 is 0. The molecule has 3 nitrogen and oxygen atoms in total. The summed E-state index contributed by atoms with van der Waals surface area (Å²) < 4.78 is 67.1. The van der Waals surface area contributed by atoms with E-state index in [9.17, 15) is 26.7 Å². The van der Waals surface area contributed by atoms with Crippen molar-refractivity contribution in [2.24, 2.45) is 0 Å². The van der Waals surface area contributed by atoms with Crippen LogP contribution in [0.1, 0.15) is 20.3 Å². The lowest BCUT2D eigenvalue weighted by molar-refractivity contribution is -0.267. The molecule has 118 valence electrons. The maximum absolute atomic E-state index is 12.8. The lowest BCUT2D eigenvalue weighted by Crippen LogP contribution is -2.47. The van der Waals surface area contributed by atoms with Crippen molar-refractivity contribution in [2.45, 2.75) is 38.5 Å². The predicted octanol–water partition coefficient (Wildman–Crippen LogP) is 4.00. The van der Waals surface area contributed by atoms with Gasteiger partial charge in [0.25, 0.3) is 0 Å². The number of alkyl halides is 5. The van der Waals surface area contributed by atoms with Crippen LogP contribution in [-0.4, -0.2) is 24.1 Å². The largest absolute Gasteiger partial charge is 0.491 e. The van der Waals surface area contributed by atoms with Gasteiger partial charge in [0.05, 0.1) is 6.10 Å². The van der Waals surface area contributed by atoms with Gasteiger partial charge in [-0.25, -0.2) is 0 Å². The van der Waals surface area contributed by atoms with Gasteiger partial charge in [-0.05, 0) is 25.5 Å². The molecule has 0 bridgehead atoms. The SMILES string of the molecule is CCC(C)Oc1cccc(NC(=O)C(F)(F)C(F)(F)F)c1. The number of amides is 1. The van der Waals surface area contributed by atoms with Crippen molar-refractivity contribution in [2.75, 3.05) is 5.32 Å². The third-order valence-corrected chi connectivity index (χ3v) is 2.65. The van der Waals surface area contributed by atoms with Gasteiger partial charge >= 0.3 is 18.0 Å². The first kappa shape index (κ1) is 17.2. The Balaban J connectivity index is 2.84. The zero-order valence-corrected chi connectivity index (χ0v) is 11.3. The quantitative estimate of drug-likeness (QED) is 0.835. The lowest BCUT2D eigenvalue weighted by Gasteiger charge is -2.19. The molecule has 0 heterocycles. The van der Waals surface area contributed by atoms with E-state index in [0.29, 0.717) is 6.42 Å². The van der Waals surface area contributed by atoms with E-state index in [1.54, 1.807) is 6.92 Å². The van der Waals surface area contributed by atoms with Crippen LogP contribution < -0.4 is 10.1 Å². The molecule has 0 aliphatic carbocycles. The third kappa shape index (κ3) is 4.30. The molecule has 0 aliphatic rings. The molecular weight excluding hydrogens is 297 g/mol. The zero-order chi connectivity index (χ0) is 16.3. The fourth-order valence-corrected chi connectivity index (χ4v) is 1.30. The summed E-state index contributed by atoms with van der Waals surface area (Å²) in [6.45, 7) is 3.63. The number of hydrogen-bond acceptors (Lipinski definition) is 2. The van der Waals surface area contributed by atoms with Gasteiger partial charge < -0.3 is 10.1 Å². The predicted molar refractivity (Wildman–Crippen MR) is 66.5 cm³/mol. The Morgan fingerprint density at radius 2 is 1.90 bits per heavy atom. The topological polar surface area (TPSA) is 38.3 Å². The van der Waals surface area contributed by atoms with Crippen molar-refractivity contribution in [1.29, 1.82) is 0 Å². The van der Waals surface area contributed by atoms with Crippen LogP contribution in [0.25, 0.3) is 0 Å². The lowest BCUT2D eigenvalue weighted by atomic mass is 10.2. The van der Waals surface area contributed by atoms with Crippen molar-refractivity contribution < 1.29 is 31.5 Å². The van der Waals surface area contributed by atoms with E-state index >= 15 is 0 Å². The van der Waals surface area contributed by atoms with E-state index in [2.05, 4.69) is 0 Å². The van der Waals surface area contributed by atoms with E-state index in [1.165, 1.54) is 29.6 Å². The van der Waals surface area contributed by atoms with Gasteiger partial charge in [-0.15, -0.1) is 0 Å². The van der Waals surface area contributed by atoms with Crippen LogP contribution in [0.15, 0.2) is 24.3 Å². The van der Waals surface area contributed by atoms with Gasteiger partial charge in [-0.3, -0.25) is 4.79 Å². The van der Waals surface area contributed by atoms with Gasteiger partial charge in [0, 0.05) is 11.8 Å². The number of benzene rings is 1. The zero-order valence-electron chi connectivity index (χ0n) is 11.3. The average molecular weight is 311 g/mol. The summed E-state index contributed by atoms with van der Waals surface area (Å²) in [5.74, 6) is -7.63. The molecule has 0 spiro atoms. The fraction of sp³-hybridized carbons (Fsp3) is 0.462. The molecule has 1 amide bonds. The fourth-order valence-electron chi connectivity index (χ4n) is 1.30. The number of nitrogens with one attached hydrogen (secondary N) is 1. The van der Waals surface area contributed by atoms with Gasteiger partial charge in [-0.2, -0.15) is 22.0 Å². The Hall–Kier alpha value is -1.86. The molecule has 1 aromatic rings. The average Bonchev–Trinajstić information content (AvgIpc) is 2.37. The van der Waals surface area contributed by atoms with E-state index in [4.69, 9.17) is 4.74 Å². The molecule has 0 fully saturated rings. The highest BCUT2D eigenvalue weighted by Crippen LogP contribution is 2.36. The highest BCUT2D eigenvalue weighted by molar-refractivity contribution is 5.96. The van der Waals surface area contributed by atoms with Gasteiger partial charge in [0.2, 0.25) is 0 Å². The van der Waals surface area contributed by atoms with Crippen LogP contribution in [-0.2, 0) is 4.79 Å². The molecular formula is C13H14F5NO2. The number of rotatable bonds is 5. The van der Waals surface area contributed by atoms with E-state index in [-0.39, 0.29) is 17.5 Å². The first-order valence-corrected chi connectivity index (χ1v) is 6.10. The molecule has 21 heavy (non-hydrogen) atoms. The molecule has 0 saturated heterocycles. The molecule has 1 N–H and O–H groups in total. The molecule has 0 saturated carbocycles. The number of hydrogen-bond donors (Lipinski definition) is 1. The standard InChI is InChI=1S/C13H14F5NO2/c1-3-8(2)21-10-6-4-5-9(7-10)19-11(20)12(14,15)13(16,17)18/h4-8H,3H2,1-2H3,(H,19,20). The van der Waals surface area contributed by atoms with Crippen LogP contribution in [0.5, 0.6) is 5.75 Å². The van der Waals surface area contributed by atoms with Crippen LogP contribution >= 0.6 is 0 Å². The van der Waals surface area contributed by atoms with E-state index < -0.39 is 18.0 Å². The second-order valence-electron chi connectivity index (χ2n) is 4.39. The highest BCUT2D eigenvalue weighted by Gasteiger charge is 2.63. The van der Waals surface area contributed by atoms with E-state index in [1.807, 2.05) is 6.92 Å². The van der Waals surface area contributed by atoms with Crippen molar-refractivity contribution in [3.63, 3.8) is 0 Å².